The second kappa shape index (κ2) is 12.9. The van der Waals surface area contributed by atoms with Crippen LogP contribution in [-0.2, 0) is 18.3 Å². The molecule has 1 atom stereocenters. The van der Waals surface area contributed by atoms with Crippen LogP contribution in [0.4, 0.5) is 0 Å². The zero-order valence-electron chi connectivity index (χ0n) is 19.1. The zero-order chi connectivity index (χ0) is 21.3. The Hall–Kier alpha value is -1.78. The van der Waals surface area contributed by atoms with Crippen LogP contribution < -0.4 is 10.1 Å². The summed E-state index contributed by atoms with van der Waals surface area (Å²) in [6, 6.07) is 12.8. The first-order valence-electron chi connectivity index (χ1n) is 10.7. The SMILES string of the molecule is CCNC(=NCC(c1ccc(OC)cc1)N1CCOCC1)N(C)Cc1cccn1C.I. The highest BCUT2D eigenvalue weighted by atomic mass is 127. The third-order valence-corrected chi connectivity index (χ3v) is 5.55. The number of morpholine rings is 1. The number of aryl methyl sites for hydroxylation is 1. The largest absolute Gasteiger partial charge is 0.497 e. The molecule has 0 amide bonds. The highest BCUT2D eigenvalue weighted by molar-refractivity contribution is 14.0. The number of aromatic nitrogens is 1. The van der Waals surface area contributed by atoms with E-state index >= 15 is 0 Å². The first-order valence-corrected chi connectivity index (χ1v) is 10.7. The first kappa shape index (κ1) is 25.5. The van der Waals surface area contributed by atoms with Crippen molar-refractivity contribution in [1.29, 1.82) is 0 Å². The third-order valence-electron chi connectivity index (χ3n) is 5.55. The molecule has 1 aromatic heterocycles. The van der Waals surface area contributed by atoms with Gasteiger partial charge in [0.25, 0.3) is 0 Å². The summed E-state index contributed by atoms with van der Waals surface area (Å²) in [5.41, 5.74) is 2.50. The average Bonchev–Trinajstić information content (AvgIpc) is 3.18. The lowest BCUT2D eigenvalue weighted by Crippen LogP contribution is -2.42. The molecule has 0 radical (unpaired) electrons. The number of nitrogens with zero attached hydrogens (tertiary/aromatic N) is 4. The molecule has 172 valence electrons. The van der Waals surface area contributed by atoms with Crippen LogP contribution in [0.25, 0.3) is 0 Å². The van der Waals surface area contributed by atoms with Crippen LogP contribution in [0.5, 0.6) is 5.75 Å². The van der Waals surface area contributed by atoms with Crippen molar-refractivity contribution in [2.45, 2.75) is 19.5 Å². The van der Waals surface area contributed by atoms with Crippen molar-refractivity contribution in [1.82, 2.24) is 19.7 Å². The van der Waals surface area contributed by atoms with Gasteiger partial charge in [0.15, 0.2) is 5.96 Å². The summed E-state index contributed by atoms with van der Waals surface area (Å²) in [7, 11) is 5.86. The molecule has 31 heavy (non-hydrogen) atoms. The molecule has 8 heteroatoms. The topological polar surface area (TPSA) is 54.3 Å². The van der Waals surface area contributed by atoms with E-state index in [0.29, 0.717) is 6.54 Å². The maximum Gasteiger partial charge on any atom is 0.194 e. The number of nitrogens with one attached hydrogen (secondary N) is 1. The summed E-state index contributed by atoms with van der Waals surface area (Å²) < 4.78 is 13.1. The van der Waals surface area contributed by atoms with Gasteiger partial charge in [-0.05, 0) is 36.8 Å². The van der Waals surface area contributed by atoms with Crippen LogP contribution in [0.3, 0.4) is 0 Å². The number of hydrogen-bond donors (Lipinski definition) is 1. The fourth-order valence-electron chi connectivity index (χ4n) is 3.77. The number of benzene rings is 1. The number of ether oxygens (including phenoxy) is 2. The zero-order valence-corrected chi connectivity index (χ0v) is 21.4. The summed E-state index contributed by atoms with van der Waals surface area (Å²) in [6.07, 6.45) is 2.07. The summed E-state index contributed by atoms with van der Waals surface area (Å²) in [6.45, 7) is 7.81. The van der Waals surface area contributed by atoms with Gasteiger partial charge in [0, 0.05) is 45.6 Å². The second-order valence-electron chi connectivity index (χ2n) is 7.60. The predicted octanol–water partition coefficient (Wildman–Crippen LogP) is 3.12. The van der Waals surface area contributed by atoms with Crippen LogP contribution in [0.15, 0.2) is 47.6 Å². The quantitative estimate of drug-likeness (QED) is 0.316. The van der Waals surface area contributed by atoms with E-state index in [1.54, 1.807) is 7.11 Å². The van der Waals surface area contributed by atoms with E-state index in [4.69, 9.17) is 14.5 Å². The van der Waals surface area contributed by atoms with Crippen LogP contribution in [-0.4, -0.2) is 73.9 Å². The molecule has 2 aromatic rings. The molecule has 1 saturated heterocycles. The molecule has 2 heterocycles. The molecular weight excluding hydrogens is 505 g/mol. The molecule has 3 rings (SSSR count). The van der Waals surface area contributed by atoms with Gasteiger partial charge in [-0.25, -0.2) is 0 Å². The molecule has 7 nitrogen and oxygen atoms in total. The summed E-state index contributed by atoms with van der Waals surface area (Å²) in [5, 5.41) is 3.45. The lowest BCUT2D eigenvalue weighted by atomic mass is 10.0. The Bertz CT molecular complexity index is 803. The highest BCUT2D eigenvalue weighted by Crippen LogP contribution is 2.24. The van der Waals surface area contributed by atoms with Gasteiger partial charge in [0.2, 0.25) is 0 Å². The molecule has 0 bridgehead atoms. The normalized spacial score (nSPS) is 15.8. The molecule has 0 spiro atoms. The maximum atomic E-state index is 5.57. The number of aliphatic imine (C=N–C) groups is 1. The third kappa shape index (κ3) is 7.11. The van der Waals surface area contributed by atoms with Gasteiger partial charge in [-0.2, -0.15) is 0 Å². The van der Waals surface area contributed by atoms with E-state index in [1.165, 1.54) is 11.3 Å². The molecule has 1 aliphatic rings. The number of methoxy groups -OCH3 is 1. The molecule has 1 fully saturated rings. The van der Waals surface area contributed by atoms with Gasteiger partial charge >= 0.3 is 0 Å². The number of hydrogen-bond acceptors (Lipinski definition) is 4. The number of guanidine groups is 1. The standard InChI is InChI=1S/C23H35N5O2.HI/c1-5-24-23(27(3)18-20-7-6-12-26(20)2)25-17-22(28-13-15-30-16-14-28)19-8-10-21(29-4)11-9-19;/h6-12,22H,5,13-18H2,1-4H3,(H,24,25);1H. The summed E-state index contributed by atoms with van der Waals surface area (Å²) in [5.74, 6) is 1.80. The van der Waals surface area contributed by atoms with Gasteiger partial charge in [-0.1, -0.05) is 12.1 Å². The summed E-state index contributed by atoms with van der Waals surface area (Å²) in [4.78, 5) is 9.68. The fraction of sp³-hybridized carbons (Fsp3) is 0.522. The lowest BCUT2D eigenvalue weighted by Gasteiger charge is -2.34. The lowest BCUT2D eigenvalue weighted by molar-refractivity contribution is 0.0179. The molecule has 0 aliphatic carbocycles. The van der Waals surface area contributed by atoms with Crippen LogP contribution >= 0.6 is 24.0 Å². The fourth-order valence-corrected chi connectivity index (χ4v) is 3.77. The minimum absolute atomic E-state index is 0. The Morgan fingerprint density at radius 2 is 1.94 bits per heavy atom. The molecule has 0 saturated carbocycles. The van der Waals surface area contributed by atoms with Crippen molar-refractivity contribution in [3.05, 3.63) is 53.9 Å². The van der Waals surface area contributed by atoms with Crippen LogP contribution in [0.2, 0.25) is 0 Å². The Balaban J connectivity index is 0.00000341. The first-order chi connectivity index (χ1) is 14.6. The minimum Gasteiger partial charge on any atom is -0.497 e. The van der Waals surface area contributed by atoms with Gasteiger partial charge in [0.1, 0.15) is 5.75 Å². The van der Waals surface area contributed by atoms with Gasteiger partial charge in [-0.15, -0.1) is 24.0 Å². The second-order valence-corrected chi connectivity index (χ2v) is 7.60. The van der Waals surface area contributed by atoms with E-state index in [9.17, 15) is 0 Å². The van der Waals surface area contributed by atoms with Crippen molar-refractivity contribution in [3.63, 3.8) is 0 Å². The molecule has 1 N–H and O–H groups in total. The van der Waals surface area contributed by atoms with E-state index in [2.05, 4.69) is 71.2 Å². The summed E-state index contributed by atoms with van der Waals surface area (Å²) >= 11 is 0. The van der Waals surface area contributed by atoms with Crippen molar-refractivity contribution in [3.8, 4) is 5.75 Å². The average molecular weight is 541 g/mol. The Kier molecular flexibility index (Phi) is 10.6. The highest BCUT2D eigenvalue weighted by Gasteiger charge is 2.23. The molecule has 1 unspecified atom stereocenters. The van der Waals surface area contributed by atoms with E-state index in [-0.39, 0.29) is 30.0 Å². The smallest absolute Gasteiger partial charge is 0.194 e. The maximum absolute atomic E-state index is 5.57. The number of rotatable bonds is 8. The van der Waals surface area contributed by atoms with E-state index < -0.39 is 0 Å². The van der Waals surface area contributed by atoms with Crippen molar-refractivity contribution in [2.75, 3.05) is 53.6 Å². The van der Waals surface area contributed by atoms with Gasteiger partial charge < -0.3 is 24.3 Å². The molecular formula is C23H36IN5O2. The Labute approximate surface area is 203 Å². The van der Waals surface area contributed by atoms with Gasteiger partial charge in [0.05, 0.1) is 39.5 Å². The molecule has 1 aromatic carbocycles. The molecule has 1 aliphatic heterocycles. The van der Waals surface area contributed by atoms with Crippen LogP contribution in [0.1, 0.15) is 24.2 Å². The Morgan fingerprint density at radius 3 is 2.52 bits per heavy atom. The van der Waals surface area contributed by atoms with Gasteiger partial charge in [-0.3, -0.25) is 9.89 Å². The Morgan fingerprint density at radius 1 is 1.23 bits per heavy atom. The minimum atomic E-state index is 0. The van der Waals surface area contributed by atoms with Crippen molar-refractivity contribution in [2.24, 2.45) is 12.0 Å². The van der Waals surface area contributed by atoms with E-state index in [1.807, 2.05) is 12.1 Å². The van der Waals surface area contributed by atoms with Crippen molar-refractivity contribution < 1.29 is 9.47 Å². The predicted molar refractivity (Wildman–Crippen MR) is 136 cm³/mol. The van der Waals surface area contributed by atoms with Crippen LogP contribution in [0, 0.1) is 0 Å². The number of halogens is 1. The monoisotopic (exact) mass is 541 g/mol. The van der Waals surface area contributed by atoms with Crippen molar-refractivity contribution >= 4 is 29.9 Å². The van der Waals surface area contributed by atoms with E-state index in [0.717, 1.165) is 51.1 Å².